The summed E-state index contributed by atoms with van der Waals surface area (Å²) in [5, 5.41) is 0. The lowest BCUT2D eigenvalue weighted by Gasteiger charge is -1.98. The lowest BCUT2D eigenvalue weighted by Crippen LogP contribution is -1.82. The van der Waals surface area contributed by atoms with E-state index in [1.54, 1.807) is 0 Å². The van der Waals surface area contributed by atoms with Crippen molar-refractivity contribution in [1.82, 2.24) is 0 Å². The van der Waals surface area contributed by atoms with Crippen LogP contribution in [0.4, 0.5) is 0 Å². The van der Waals surface area contributed by atoms with E-state index < -0.39 is 0 Å². The van der Waals surface area contributed by atoms with Gasteiger partial charge in [0.2, 0.25) is 0 Å². The molecule has 2 aromatic carbocycles. The molecule has 0 aliphatic rings. The van der Waals surface area contributed by atoms with E-state index in [-0.39, 0.29) is 0 Å². The van der Waals surface area contributed by atoms with Gasteiger partial charge >= 0.3 is 0 Å². The van der Waals surface area contributed by atoms with Gasteiger partial charge in [0.15, 0.2) is 0 Å². The number of hydrogen-bond acceptors (Lipinski definition) is 3. The summed E-state index contributed by atoms with van der Waals surface area (Å²) in [5.74, 6) is 1.51. The molecule has 2 aromatic rings. The topological polar surface area (TPSA) is 27.7 Å². The fraction of sp³-hybridized carbons (Fsp3) is 0. The van der Waals surface area contributed by atoms with Crippen molar-refractivity contribution >= 4 is 0 Å². The highest BCUT2D eigenvalue weighted by Crippen LogP contribution is 2.09. The first-order valence-corrected chi connectivity index (χ1v) is 5.84. The van der Waals surface area contributed by atoms with Crippen molar-refractivity contribution < 1.29 is 14.2 Å². The maximum Gasteiger partial charge on any atom is 0.126 e. The van der Waals surface area contributed by atoms with E-state index in [1.807, 2.05) is 60.7 Å². The molecular formula is C16H14O3. The maximum atomic E-state index is 5.29. The molecule has 3 nitrogen and oxygen atoms in total. The Bertz CT molecular complexity index is 469. The third kappa shape index (κ3) is 5.00. The summed E-state index contributed by atoms with van der Waals surface area (Å²) in [4.78, 5) is 0. The van der Waals surface area contributed by atoms with Crippen molar-refractivity contribution in [1.29, 1.82) is 0 Å². The van der Waals surface area contributed by atoms with Crippen molar-refractivity contribution in [2.45, 2.75) is 0 Å². The van der Waals surface area contributed by atoms with E-state index in [2.05, 4.69) is 0 Å². The molecule has 0 atom stereocenters. The van der Waals surface area contributed by atoms with Gasteiger partial charge in [-0.2, -0.15) is 0 Å². The van der Waals surface area contributed by atoms with Crippen molar-refractivity contribution in [3.8, 4) is 11.5 Å². The van der Waals surface area contributed by atoms with Gasteiger partial charge in [0, 0.05) is 0 Å². The number of hydrogen-bond donors (Lipinski definition) is 0. The summed E-state index contributed by atoms with van der Waals surface area (Å²) in [6, 6.07) is 18.9. The predicted octanol–water partition coefficient (Wildman–Crippen LogP) is 4.10. The third-order valence-corrected chi connectivity index (χ3v) is 2.16. The lowest BCUT2D eigenvalue weighted by molar-refractivity contribution is 0.352. The van der Waals surface area contributed by atoms with Crippen molar-refractivity contribution in [2.24, 2.45) is 0 Å². The van der Waals surface area contributed by atoms with Crippen molar-refractivity contribution in [3.63, 3.8) is 0 Å². The van der Waals surface area contributed by atoms with Gasteiger partial charge in [-0.1, -0.05) is 36.4 Å². The average Bonchev–Trinajstić information content (AvgIpc) is 2.48. The summed E-state index contributed by atoms with van der Waals surface area (Å²) >= 11 is 0. The lowest BCUT2D eigenvalue weighted by atomic mass is 10.3. The van der Waals surface area contributed by atoms with E-state index in [0.717, 1.165) is 11.5 Å². The molecule has 0 bridgehead atoms. The van der Waals surface area contributed by atoms with Gasteiger partial charge in [0.25, 0.3) is 0 Å². The number of benzene rings is 2. The van der Waals surface area contributed by atoms with Crippen LogP contribution in [-0.2, 0) is 4.74 Å². The molecule has 0 amide bonds. The highest BCUT2D eigenvalue weighted by molar-refractivity contribution is 5.22. The second kappa shape index (κ2) is 7.61. The van der Waals surface area contributed by atoms with Gasteiger partial charge in [0.1, 0.15) is 36.5 Å². The minimum absolute atomic E-state index is 0.756. The molecule has 0 unspecified atom stereocenters. The van der Waals surface area contributed by atoms with Crippen LogP contribution in [0.15, 0.2) is 85.7 Å². The average molecular weight is 254 g/mol. The summed E-state index contributed by atoms with van der Waals surface area (Å²) < 4.78 is 15.6. The number of rotatable bonds is 6. The zero-order valence-electron chi connectivity index (χ0n) is 10.3. The van der Waals surface area contributed by atoms with Crippen LogP contribution in [-0.4, -0.2) is 0 Å². The molecule has 0 N–H and O–H groups in total. The monoisotopic (exact) mass is 254 g/mol. The van der Waals surface area contributed by atoms with Crippen LogP contribution in [0.3, 0.4) is 0 Å². The van der Waals surface area contributed by atoms with Crippen LogP contribution in [0.2, 0.25) is 0 Å². The Labute approximate surface area is 112 Å². The molecule has 96 valence electrons. The standard InChI is InChI=1S/C16H14O3/c1-3-7-15(8-4-1)18-13-11-17-12-14-19-16-9-5-2-6-10-16/h1-14H. The first kappa shape index (κ1) is 12.8. The zero-order chi connectivity index (χ0) is 13.2. The van der Waals surface area contributed by atoms with Crippen LogP contribution in [0.1, 0.15) is 0 Å². The second-order valence-electron chi connectivity index (χ2n) is 3.54. The molecule has 19 heavy (non-hydrogen) atoms. The molecule has 0 aromatic heterocycles. The summed E-state index contributed by atoms with van der Waals surface area (Å²) in [5.41, 5.74) is 0. The quantitative estimate of drug-likeness (QED) is 0.726. The molecular weight excluding hydrogens is 240 g/mol. The van der Waals surface area contributed by atoms with E-state index in [1.165, 1.54) is 25.0 Å². The number of para-hydroxylation sites is 2. The fourth-order valence-corrected chi connectivity index (χ4v) is 1.32. The van der Waals surface area contributed by atoms with Crippen LogP contribution in [0.5, 0.6) is 11.5 Å². The van der Waals surface area contributed by atoms with Gasteiger partial charge in [-0.05, 0) is 24.3 Å². The first-order valence-electron chi connectivity index (χ1n) is 5.84. The molecule has 0 radical (unpaired) electrons. The Hall–Kier alpha value is -2.68. The van der Waals surface area contributed by atoms with Gasteiger partial charge in [-0.25, -0.2) is 0 Å². The number of ether oxygens (including phenoxy) is 3. The van der Waals surface area contributed by atoms with E-state index >= 15 is 0 Å². The van der Waals surface area contributed by atoms with Gasteiger partial charge in [-0.15, -0.1) is 0 Å². The summed E-state index contributed by atoms with van der Waals surface area (Å²) in [7, 11) is 0. The summed E-state index contributed by atoms with van der Waals surface area (Å²) in [6.07, 6.45) is 5.78. The third-order valence-electron chi connectivity index (χ3n) is 2.16. The Morgan fingerprint density at radius 3 is 1.37 bits per heavy atom. The Morgan fingerprint density at radius 1 is 0.526 bits per heavy atom. The zero-order valence-corrected chi connectivity index (χ0v) is 10.3. The molecule has 0 spiro atoms. The second-order valence-corrected chi connectivity index (χ2v) is 3.54. The summed E-state index contributed by atoms with van der Waals surface area (Å²) in [6.45, 7) is 0. The Morgan fingerprint density at radius 2 is 0.947 bits per heavy atom. The van der Waals surface area contributed by atoms with E-state index in [4.69, 9.17) is 14.2 Å². The smallest absolute Gasteiger partial charge is 0.126 e. The molecule has 0 fully saturated rings. The van der Waals surface area contributed by atoms with Crippen LogP contribution >= 0.6 is 0 Å². The van der Waals surface area contributed by atoms with Crippen molar-refractivity contribution in [3.05, 3.63) is 85.7 Å². The van der Waals surface area contributed by atoms with E-state index in [0.29, 0.717) is 0 Å². The normalized spacial score (nSPS) is 10.7. The van der Waals surface area contributed by atoms with Crippen LogP contribution < -0.4 is 9.47 Å². The molecule has 3 heteroatoms. The minimum atomic E-state index is 0.756. The molecule has 0 heterocycles. The predicted molar refractivity (Wildman–Crippen MR) is 73.5 cm³/mol. The molecule has 0 aliphatic carbocycles. The molecule has 2 rings (SSSR count). The fourth-order valence-electron chi connectivity index (χ4n) is 1.32. The van der Waals surface area contributed by atoms with Gasteiger partial charge < -0.3 is 14.2 Å². The molecule has 0 saturated heterocycles. The SMILES string of the molecule is C(=COc1ccccc1)OC=COc1ccccc1. The van der Waals surface area contributed by atoms with Crippen LogP contribution in [0, 0.1) is 0 Å². The Kier molecular flexibility index (Phi) is 5.11. The van der Waals surface area contributed by atoms with E-state index in [9.17, 15) is 0 Å². The molecule has 0 aliphatic heterocycles. The maximum absolute atomic E-state index is 5.29. The van der Waals surface area contributed by atoms with Crippen LogP contribution in [0.25, 0.3) is 0 Å². The van der Waals surface area contributed by atoms with Crippen molar-refractivity contribution in [2.75, 3.05) is 0 Å². The Balaban J connectivity index is 1.66. The van der Waals surface area contributed by atoms with Gasteiger partial charge in [0.05, 0.1) is 0 Å². The van der Waals surface area contributed by atoms with Gasteiger partial charge in [-0.3, -0.25) is 0 Å². The molecule has 0 saturated carbocycles. The highest BCUT2D eigenvalue weighted by atomic mass is 16.5. The highest BCUT2D eigenvalue weighted by Gasteiger charge is 1.86. The largest absolute Gasteiger partial charge is 0.466 e. The minimum Gasteiger partial charge on any atom is -0.466 e. The first-order chi connectivity index (χ1) is 9.45.